The van der Waals surface area contributed by atoms with Crippen LogP contribution in [0.5, 0.6) is 0 Å². The quantitative estimate of drug-likeness (QED) is 0.741. The molecule has 172 valence electrons. The van der Waals surface area contributed by atoms with Gasteiger partial charge in [-0.25, -0.2) is 8.78 Å². The van der Waals surface area contributed by atoms with Gasteiger partial charge in [0.1, 0.15) is 11.6 Å². The minimum Gasteiger partial charge on any atom is -0.384 e. The van der Waals surface area contributed by atoms with E-state index in [1.807, 2.05) is 37.9 Å². The van der Waals surface area contributed by atoms with Crippen molar-refractivity contribution in [2.75, 3.05) is 33.2 Å². The van der Waals surface area contributed by atoms with Crippen molar-refractivity contribution in [3.63, 3.8) is 0 Å². The predicted molar refractivity (Wildman–Crippen MR) is 120 cm³/mol. The van der Waals surface area contributed by atoms with Gasteiger partial charge in [0.2, 0.25) is 5.91 Å². The largest absolute Gasteiger partial charge is 0.384 e. The van der Waals surface area contributed by atoms with E-state index in [0.29, 0.717) is 36.8 Å². The summed E-state index contributed by atoms with van der Waals surface area (Å²) in [5.74, 6) is -2.42. The Balaban J connectivity index is 1.56. The lowest BCUT2D eigenvalue weighted by Gasteiger charge is -2.48. The lowest BCUT2D eigenvalue weighted by atomic mass is 9.70. The van der Waals surface area contributed by atoms with Crippen LogP contribution in [-0.4, -0.2) is 54.0 Å². The third-order valence-electron chi connectivity index (χ3n) is 7.29. The van der Waals surface area contributed by atoms with E-state index in [-0.39, 0.29) is 23.7 Å². The van der Waals surface area contributed by atoms with Crippen molar-refractivity contribution in [1.29, 1.82) is 0 Å². The first-order chi connectivity index (χ1) is 15.1. The predicted octanol–water partition coefficient (Wildman–Crippen LogP) is 4.27. The number of benzene rings is 2. The fraction of sp³-hybridized carbons (Fsp3) is 0.480. The number of nitrogens with zero attached hydrogens (tertiary/aromatic N) is 2. The van der Waals surface area contributed by atoms with Gasteiger partial charge >= 0.3 is 0 Å². The molecule has 4 rings (SSSR count). The molecule has 0 bridgehead atoms. The highest BCUT2D eigenvalue weighted by Gasteiger charge is 2.49. The molecule has 1 amide bonds. The van der Waals surface area contributed by atoms with Gasteiger partial charge in [0, 0.05) is 55.0 Å². The number of carbonyl (C=O) groups is 1. The van der Waals surface area contributed by atoms with Gasteiger partial charge < -0.3 is 14.9 Å². The van der Waals surface area contributed by atoms with E-state index in [1.54, 1.807) is 17.0 Å². The van der Waals surface area contributed by atoms with Crippen LogP contribution in [0.3, 0.4) is 0 Å². The van der Waals surface area contributed by atoms with E-state index in [4.69, 9.17) is 11.6 Å². The molecule has 7 heteroatoms. The first-order valence-electron chi connectivity index (χ1n) is 11.0. The molecule has 0 aromatic heterocycles. The first kappa shape index (κ1) is 23.1. The minimum atomic E-state index is -1.07. The third kappa shape index (κ3) is 4.04. The van der Waals surface area contributed by atoms with Gasteiger partial charge in [0.05, 0.1) is 11.5 Å². The molecular formula is C25H29ClF2N2O2. The fourth-order valence-electron chi connectivity index (χ4n) is 5.57. The summed E-state index contributed by atoms with van der Waals surface area (Å²) in [7, 11) is 1.91. The number of rotatable bonds is 3. The number of amides is 1. The van der Waals surface area contributed by atoms with Crippen LogP contribution in [0.1, 0.15) is 30.9 Å². The van der Waals surface area contributed by atoms with Crippen LogP contribution in [0.4, 0.5) is 8.78 Å². The van der Waals surface area contributed by atoms with Crippen molar-refractivity contribution < 1.29 is 18.7 Å². The van der Waals surface area contributed by atoms with Crippen LogP contribution in [0, 0.1) is 29.4 Å². The summed E-state index contributed by atoms with van der Waals surface area (Å²) in [6.07, 6.45) is 0. The summed E-state index contributed by atoms with van der Waals surface area (Å²) in [5, 5.41) is 12.2. The van der Waals surface area contributed by atoms with Crippen LogP contribution in [-0.2, 0) is 10.4 Å². The van der Waals surface area contributed by atoms with Crippen molar-refractivity contribution in [1.82, 2.24) is 9.80 Å². The lowest BCUT2D eigenvalue weighted by molar-refractivity contribution is -0.152. The van der Waals surface area contributed by atoms with Crippen LogP contribution < -0.4 is 0 Å². The molecule has 2 heterocycles. The summed E-state index contributed by atoms with van der Waals surface area (Å²) in [6, 6.07) is 10.8. The Kier molecular flexibility index (Phi) is 6.31. The molecule has 2 aliphatic rings. The Morgan fingerprint density at radius 2 is 1.66 bits per heavy atom. The Hall–Kier alpha value is -2.02. The summed E-state index contributed by atoms with van der Waals surface area (Å²) in [6.45, 7) is 5.75. The number of hydrogen-bond acceptors (Lipinski definition) is 3. The second-order valence-electron chi connectivity index (χ2n) is 9.48. The van der Waals surface area contributed by atoms with Crippen LogP contribution in [0.2, 0.25) is 5.02 Å². The zero-order valence-corrected chi connectivity index (χ0v) is 19.3. The zero-order valence-electron chi connectivity index (χ0n) is 18.6. The molecular weight excluding hydrogens is 434 g/mol. The number of piperidine rings is 1. The van der Waals surface area contributed by atoms with Gasteiger partial charge in [-0.3, -0.25) is 4.79 Å². The van der Waals surface area contributed by atoms with E-state index in [9.17, 15) is 18.7 Å². The summed E-state index contributed by atoms with van der Waals surface area (Å²) >= 11 is 6.02. The summed E-state index contributed by atoms with van der Waals surface area (Å²) in [5.41, 5.74) is 0.0989. The van der Waals surface area contributed by atoms with Gasteiger partial charge in [-0.1, -0.05) is 43.6 Å². The number of aliphatic hydroxyl groups is 1. The number of hydrogen-bond donors (Lipinski definition) is 1. The minimum absolute atomic E-state index is 0.0417. The molecule has 2 saturated heterocycles. The lowest BCUT2D eigenvalue weighted by Crippen LogP contribution is -2.57. The van der Waals surface area contributed by atoms with Crippen LogP contribution >= 0.6 is 11.6 Å². The van der Waals surface area contributed by atoms with Crippen molar-refractivity contribution in [3.8, 4) is 0 Å². The first-order valence-corrected chi connectivity index (χ1v) is 11.4. The molecule has 0 saturated carbocycles. The maximum atomic E-state index is 14.5. The summed E-state index contributed by atoms with van der Waals surface area (Å²) < 4.78 is 27.9. The molecule has 0 aliphatic carbocycles. The Morgan fingerprint density at radius 1 is 1.03 bits per heavy atom. The van der Waals surface area contributed by atoms with Crippen molar-refractivity contribution >= 4 is 17.5 Å². The van der Waals surface area contributed by atoms with Gasteiger partial charge in [0.25, 0.3) is 0 Å². The Labute approximate surface area is 192 Å². The molecule has 1 unspecified atom stereocenters. The zero-order chi connectivity index (χ0) is 23.2. The number of likely N-dealkylation sites (N-methyl/N-ethyl adjacent to an activating group) is 1. The van der Waals surface area contributed by atoms with Gasteiger partial charge in [-0.05, 0) is 36.4 Å². The Morgan fingerprint density at radius 3 is 2.25 bits per heavy atom. The third-order valence-corrected chi connectivity index (χ3v) is 7.54. The topological polar surface area (TPSA) is 43.8 Å². The van der Waals surface area contributed by atoms with E-state index in [1.165, 1.54) is 12.1 Å². The highest BCUT2D eigenvalue weighted by molar-refractivity contribution is 6.30. The maximum Gasteiger partial charge on any atom is 0.227 e. The number of likely N-dealkylation sites (tertiary alicyclic amines) is 2. The second-order valence-corrected chi connectivity index (χ2v) is 9.91. The van der Waals surface area contributed by atoms with Crippen molar-refractivity contribution in [2.45, 2.75) is 25.4 Å². The average molecular weight is 463 g/mol. The smallest absolute Gasteiger partial charge is 0.227 e. The molecule has 2 aromatic rings. The fourth-order valence-corrected chi connectivity index (χ4v) is 5.69. The molecule has 5 atom stereocenters. The van der Waals surface area contributed by atoms with E-state index < -0.39 is 23.2 Å². The molecule has 1 N–H and O–H groups in total. The molecule has 0 radical (unpaired) electrons. The monoisotopic (exact) mass is 462 g/mol. The van der Waals surface area contributed by atoms with Crippen molar-refractivity contribution in [3.05, 3.63) is 70.2 Å². The highest BCUT2D eigenvalue weighted by atomic mass is 35.5. The van der Waals surface area contributed by atoms with E-state index in [0.717, 1.165) is 11.6 Å². The van der Waals surface area contributed by atoms with Gasteiger partial charge in [-0.2, -0.15) is 0 Å². The SMILES string of the molecule is C[C@@H]1CN(C(=O)[C@@H]2CN(C)C[C@H]2c2ccc(F)cc2F)C[C@H](C)C1(O)c1ccc(Cl)cc1. The molecule has 32 heavy (non-hydrogen) atoms. The summed E-state index contributed by atoms with van der Waals surface area (Å²) in [4.78, 5) is 17.4. The molecule has 2 fully saturated rings. The second kappa shape index (κ2) is 8.73. The van der Waals surface area contributed by atoms with Gasteiger partial charge in [0.15, 0.2) is 0 Å². The van der Waals surface area contributed by atoms with E-state index in [2.05, 4.69) is 0 Å². The van der Waals surface area contributed by atoms with Gasteiger partial charge in [-0.15, -0.1) is 0 Å². The number of halogens is 3. The van der Waals surface area contributed by atoms with Crippen LogP contribution in [0.25, 0.3) is 0 Å². The highest BCUT2D eigenvalue weighted by Crippen LogP contribution is 2.43. The molecule has 2 aliphatic heterocycles. The standard InChI is InChI=1S/C25H29ClF2N2O2/c1-15-11-30(12-16(2)25(15,32)17-4-6-18(26)7-5-17)24(31)22-14-29(3)13-21(22)20-9-8-19(27)10-23(20)28/h4-10,15-16,21-22,32H,11-14H2,1-3H3/t15-,16+,21-,22+,25?/m0/s1. The molecule has 2 aromatic carbocycles. The van der Waals surface area contributed by atoms with Crippen molar-refractivity contribution in [2.24, 2.45) is 17.8 Å². The molecule has 0 spiro atoms. The number of carbonyl (C=O) groups excluding carboxylic acids is 1. The maximum absolute atomic E-state index is 14.5. The van der Waals surface area contributed by atoms with E-state index >= 15 is 0 Å². The molecule has 4 nitrogen and oxygen atoms in total. The normalized spacial score (nSPS) is 31.2. The average Bonchev–Trinajstić information content (AvgIpc) is 3.12. The van der Waals surface area contributed by atoms with Crippen LogP contribution in [0.15, 0.2) is 42.5 Å². The Bertz CT molecular complexity index is 988.